The molecule has 0 amide bonds. The summed E-state index contributed by atoms with van der Waals surface area (Å²) in [6, 6.07) is 9.73. The summed E-state index contributed by atoms with van der Waals surface area (Å²) in [6.45, 7) is 1.09. The van der Waals surface area contributed by atoms with E-state index in [9.17, 15) is 0 Å². The topological polar surface area (TPSA) is 86.1 Å². The van der Waals surface area contributed by atoms with Gasteiger partial charge in [0.2, 0.25) is 11.1 Å². The van der Waals surface area contributed by atoms with Crippen LogP contribution in [0.25, 0.3) is 0 Å². The maximum absolute atomic E-state index is 5.75. The number of rotatable bonds is 3. The molecule has 0 atom stereocenters. The second kappa shape index (κ2) is 4.60. The van der Waals surface area contributed by atoms with Crippen LogP contribution in [0, 0.1) is 0 Å². The fourth-order valence-electron chi connectivity index (χ4n) is 1.74. The summed E-state index contributed by atoms with van der Waals surface area (Å²) in [5, 5.41) is 6.21. The molecule has 0 unspecified atom stereocenters. The highest BCUT2D eigenvalue weighted by molar-refractivity contribution is 7.99. The second-order valence-corrected chi connectivity index (χ2v) is 4.83. The van der Waals surface area contributed by atoms with Gasteiger partial charge in [-0.1, -0.05) is 30.3 Å². The SMILES string of the molecule is Nc1nc(SC2(c3ccccc3)OCCO2)n[nH]1. The van der Waals surface area contributed by atoms with Crippen LogP contribution < -0.4 is 5.73 Å². The number of nitrogens with one attached hydrogen (secondary N) is 1. The predicted molar refractivity (Wildman–Crippen MR) is 66.7 cm³/mol. The summed E-state index contributed by atoms with van der Waals surface area (Å²) in [7, 11) is 0. The van der Waals surface area contributed by atoms with Gasteiger partial charge in [0.1, 0.15) is 0 Å². The van der Waals surface area contributed by atoms with Gasteiger partial charge < -0.3 is 15.2 Å². The number of hydrogen-bond donors (Lipinski definition) is 2. The molecule has 1 aliphatic rings. The molecule has 0 spiro atoms. The van der Waals surface area contributed by atoms with Gasteiger partial charge in [-0.3, -0.25) is 0 Å². The fourth-order valence-corrected chi connectivity index (χ4v) is 2.76. The largest absolute Gasteiger partial charge is 0.368 e. The van der Waals surface area contributed by atoms with Gasteiger partial charge in [-0.25, -0.2) is 5.10 Å². The molecule has 1 aromatic heterocycles. The fraction of sp³-hybridized carbons (Fsp3) is 0.273. The Labute approximate surface area is 108 Å². The normalized spacial score (nSPS) is 18.0. The van der Waals surface area contributed by atoms with E-state index in [1.54, 1.807) is 0 Å². The van der Waals surface area contributed by atoms with Crippen molar-refractivity contribution in [1.29, 1.82) is 0 Å². The van der Waals surface area contributed by atoms with Crippen molar-refractivity contribution in [2.45, 2.75) is 10.3 Å². The summed E-state index contributed by atoms with van der Waals surface area (Å²) in [5.74, 6) is 0.277. The van der Waals surface area contributed by atoms with Crippen molar-refractivity contribution < 1.29 is 9.47 Å². The zero-order chi connectivity index (χ0) is 12.4. The van der Waals surface area contributed by atoms with Crippen LogP contribution in [0.3, 0.4) is 0 Å². The maximum Gasteiger partial charge on any atom is 0.253 e. The Bertz CT molecular complexity index is 525. The zero-order valence-corrected chi connectivity index (χ0v) is 10.3. The highest BCUT2D eigenvalue weighted by Crippen LogP contribution is 2.44. The number of benzene rings is 1. The van der Waals surface area contributed by atoms with Crippen molar-refractivity contribution in [3.63, 3.8) is 0 Å². The number of ether oxygens (including phenoxy) is 2. The van der Waals surface area contributed by atoms with E-state index in [4.69, 9.17) is 15.2 Å². The van der Waals surface area contributed by atoms with E-state index in [1.165, 1.54) is 11.8 Å². The van der Waals surface area contributed by atoms with Crippen LogP contribution in [0.1, 0.15) is 5.56 Å². The standard InChI is InChI=1S/C11H12N4O2S/c12-9-13-10(15-14-9)18-11(16-6-7-17-11)8-4-2-1-3-5-8/h1-5H,6-7H2,(H3,12,13,14,15). The van der Waals surface area contributed by atoms with Crippen LogP contribution in [0.15, 0.2) is 35.5 Å². The Morgan fingerprint density at radius 2 is 1.94 bits per heavy atom. The van der Waals surface area contributed by atoms with E-state index in [0.717, 1.165) is 5.56 Å². The molecule has 1 aromatic carbocycles. The lowest BCUT2D eigenvalue weighted by Gasteiger charge is -2.25. The number of nitrogens with two attached hydrogens (primary N) is 1. The molecule has 0 radical (unpaired) electrons. The third-order valence-corrected chi connectivity index (χ3v) is 3.61. The average molecular weight is 264 g/mol. The molecule has 0 aliphatic carbocycles. The summed E-state index contributed by atoms with van der Waals surface area (Å²) < 4.78 is 11.5. The lowest BCUT2D eigenvalue weighted by Crippen LogP contribution is -2.22. The first-order valence-corrected chi connectivity index (χ1v) is 6.30. The third kappa shape index (κ3) is 2.07. The van der Waals surface area contributed by atoms with Gasteiger partial charge in [-0.05, 0) is 11.8 Å². The van der Waals surface area contributed by atoms with Crippen LogP contribution in [-0.2, 0) is 14.6 Å². The number of nitrogens with zero attached hydrogens (tertiary/aromatic N) is 2. The molecular formula is C11H12N4O2S. The second-order valence-electron chi connectivity index (χ2n) is 3.72. The van der Waals surface area contributed by atoms with Gasteiger partial charge in [0.15, 0.2) is 0 Å². The molecule has 2 heterocycles. The van der Waals surface area contributed by atoms with Gasteiger partial charge in [-0.2, -0.15) is 4.98 Å². The van der Waals surface area contributed by atoms with E-state index in [0.29, 0.717) is 18.4 Å². The van der Waals surface area contributed by atoms with Gasteiger partial charge >= 0.3 is 0 Å². The van der Waals surface area contributed by atoms with E-state index in [2.05, 4.69) is 15.2 Å². The van der Waals surface area contributed by atoms with Crippen LogP contribution in [0.5, 0.6) is 0 Å². The number of aromatic nitrogens is 3. The first-order chi connectivity index (χ1) is 8.78. The van der Waals surface area contributed by atoms with Crippen LogP contribution in [0.4, 0.5) is 5.95 Å². The number of hydrogen-bond acceptors (Lipinski definition) is 6. The Balaban J connectivity index is 1.92. The van der Waals surface area contributed by atoms with Gasteiger partial charge in [0, 0.05) is 5.56 Å². The van der Waals surface area contributed by atoms with E-state index >= 15 is 0 Å². The number of H-pyrrole nitrogens is 1. The molecule has 1 fully saturated rings. The highest BCUT2D eigenvalue weighted by Gasteiger charge is 2.41. The highest BCUT2D eigenvalue weighted by atomic mass is 32.2. The van der Waals surface area contributed by atoms with E-state index in [1.807, 2.05) is 30.3 Å². The van der Waals surface area contributed by atoms with Crippen LogP contribution in [0.2, 0.25) is 0 Å². The molecule has 1 saturated heterocycles. The Morgan fingerprint density at radius 3 is 2.56 bits per heavy atom. The molecule has 3 N–H and O–H groups in total. The zero-order valence-electron chi connectivity index (χ0n) is 9.50. The first kappa shape index (κ1) is 11.5. The van der Waals surface area contributed by atoms with Crippen molar-refractivity contribution >= 4 is 17.7 Å². The van der Waals surface area contributed by atoms with Gasteiger partial charge in [-0.15, -0.1) is 5.10 Å². The van der Waals surface area contributed by atoms with Gasteiger partial charge in [0.25, 0.3) is 5.12 Å². The van der Waals surface area contributed by atoms with Crippen molar-refractivity contribution in [1.82, 2.24) is 15.2 Å². The molecule has 2 aromatic rings. The Kier molecular flexibility index (Phi) is 2.94. The minimum atomic E-state index is -0.879. The Morgan fingerprint density at radius 1 is 1.22 bits per heavy atom. The van der Waals surface area contributed by atoms with Crippen molar-refractivity contribution in [2.75, 3.05) is 18.9 Å². The van der Waals surface area contributed by atoms with Crippen molar-refractivity contribution in [3.8, 4) is 0 Å². The molecule has 3 rings (SSSR count). The molecular weight excluding hydrogens is 252 g/mol. The molecule has 0 saturated carbocycles. The quantitative estimate of drug-likeness (QED) is 0.870. The number of thioether (sulfide) groups is 1. The lowest BCUT2D eigenvalue weighted by molar-refractivity contribution is -0.0817. The molecule has 18 heavy (non-hydrogen) atoms. The number of aromatic amines is 1. The summed E-state index contributed by atoms with van der Waals surface area (Å²) in [4.78, 5) is 4.06. The monoisotopic (exact) mass is 264 g/mol. The van der Waals surface area contributed by atoms with Crippen LogP contribution in [-0.4, -0.2) is 28.4 Å². The van der Waals surface area contributed by atoms with E-state index < -0.39 is 5.12 Å². The molecule has 0 bridgehead atoms. The van der Waals surface area contributed by atoms with Crippen molar-refractivity contribution in [2.24, 2.45) is 0 Å². The van der Waals surface area contributed by atoms with Gasteiger partial charge in [0.05, 0.1) is 13.2 Å². The van der Waals surface area contributed by atoms with Crippen molar-refractivity contribution in [3.05, 3.63) is 35.9 Å². The van der Waals surface area contributed by atoms with E-state index in [-0.39, 0.29) is 5.95 Å². The predicted octanol–water partition coefficient (Wildman–Crippen LogP) is 1.34. The number of anilines is 1. The maximum atomic E-state index is 5.75. The Hall–Kier alpha value is -1.57. The minimum absolute atomic E-state index is 0.277. The first-order valence-electron chi connectivity index (χ1n) is 5.49. The molecule has 94 valence electrons. The smallest absolute Gasteiger partial charge is 0.253 e. The minimum Gasteiger partial charge on any atom is -0.368 e. The molecule has 7 heteroatoms. The molecule has 6 nitrogen and oxygen atoms in total. The average Bonchev–Trinajstić information content (AvgIpc) is 3.01. The summed E-state index contributed by atoms with van der Waals surface area (Å²) >= 11 is 1.29. The lowest BCUT2D eigenvalue weighted by atomic mass is 10.2. The summed E-state index contributed by atoms with van der Waals surface area (Å²) in [5.41, 5.74) is 6.44. The number of nitrogen functional groups attached to an aromatic ring is 1. The molecule has 1 aliphatic heterocycles. The third-order valence-electron chi connectivity index (χ3n) is 2.50. The van der Waals surface area contributed by atoms with Crippen LogP contribution >= 0.6 is 11.8 Å². The summed E-state index contributed by atoms with van der Waals surface area (Å²) in [6.07, 6.45) is 0.